The van der Waals surface area contributed by atoms with Crippen LogP contribution in [0.15, 0.2) is 41.6 Å². The van der Waals surface area contributed by atoms with Crippen LogP contribution in [0, 0.1) is 24.0 Å². The molecule has 25 heavy (non-hydrogen) atoms. The van der Waals surface area contributed by atoms with E-state index in [2.05, 4.69) is 10.5 Å². The number of aryl methyl sites for hydroxylation is 2. The molecule has 0 aliphatic carbocycles. The van der Waals surface area contributed by atoms with E-state index in [1.165, 1.54) is 12.1 Å². The number of non-ortho nitro benzene ring substituents is 1. The Morgan fingerprint density at radius 1 is 1.32 bits per heavy atom. The van der Waals surface area contributed by atoms with Gasteiger partial charge in [0.25, 0.3) is 11.6 Å². The highest BCUT2D eigenvalue weighted by Gasteiger charge is 2.08. The van der Waals surface area contributed by atoms with Crippen LogP contribution in [0.3, 0.4) is 0 Å². The maximum absolute atomic E-state index is 11.9. The largest absolute Gasteiger partial charge is 0.391 e. The molecule has 0 spiro atoms. The second-order valence-electron chi connectivity index (χ2n) is 5.36. The van der Waals surface area contributed by atoms with Crippen LogP contribution in [0.1, 0.15) is 16.7 Å². The van der Waals surface area contributed by atoms with E-state index in [9.17, 15) is 14.9 Å². The fourth-order valence-electron chi connectivity index (χ4n) is 2.14. The Kier molecular flexibility index (Phi) is 6.08. The molecular weight excluding hydrogens is 346 g/mol. The standard InChI is InChI=1S/C17H16ClN3O4/c1-11-7-12(2)17(15(18)8-11)20-16(22)9-19-25-10-13-3-5-14(6-4-13)21(23)24/h3-9H,10H2,1-2H3,(H,20,22). The minimum Gasteiger partial charge on any atom is -0.391 e. The van der Waals surface area contributed by atoms with E-state index in [1.807, 2.05) is 19.9 Å². The number of rotatable bonds is 6. The molecule has 2 rings (SSSR count). The van der Waals surface area contributed by atoms with E-state index >= 15 is 0 Å². The van der Waals surface area contributed by atoms with E-state index < -0.39 is 10.8 Å². The van der Waals surface area contributed by atoms with Crippen LogP contribution in [0.2, 0.25) is 5.02 Å². The summed E-state index contributed by atoms with van der Waals surface area (Å²) >= 11 is 6.12. The maximum atomic E-state index is 11.9. The Balaban J connectivity index is 1.88. The van der Waals surface area contributed by atoms with Crippen molar-refractivity contribution in [3.63, 3.8) is 0 Å². The molecule has 0 fully saturated rings. The zero-order valence-electron chi connectivity index (χ0n) is 13.7. The van der Waals surface area contributed by atoms with Crippen LogP contribution >= 0.6 is 11.6 Å². The topological polar surface area (TPSA) is 93.8 Å². The van der Waals surface area contributed by atoms with Crippen LogP contribution in [0.4, 0.5) is 11.4 Å². The van der Waals surface area contributed by atoms with Crippen molar-refractivity contribution >= 4 is 35.1 Å². The fraction of sp³-hybridized carbons (Fsp3) is 0.176. The van der Waals surface area contributed by atoms with Crippen molar-refractivity contribution in [2.24, 2.45) is 5.16 Å². The van der Waals surface area contributed by atoms with Crippen molar-refractivity contribution < 1.29 is 14.6 Å². The van der Waals surface area contributed by atoms with Gasteiger partial charge in [0.2, 0.25) is 0 Å². The summed E-state index contributed by atoms with van der Waals surface area (Å²) in [5.74, 6) is -0.474. The van der Waals surface area contributed by atoms with Gasteiger partial charge in [-0.2, -0.15) is 0 Å². The molecule has 0 unspecified atom stereocenters. The molecule has 2 aromatic rings. The molecule has 2 aromatic carbocycles. The van der Waals surface area contributed by atoms with Crippen LogP contribution in [-0.2, 0) is 16.2 Å². The van der Waals surface area contributed by atoms with E-state index in [4.69, 9.17) is 16.4 Å². The normalized spacial score (nSPS) is 10.7. The molecule has 0 radical (unpaired) electrons. The summed E-state index contributed by atoms with van der Waals surface area (Å²) in [6.07, 6.45) is 1.00. The lowest BCUT2D eigenvalue weighted by atomic mass is 10.1. The number of nitrogens with zero attached hydrogens (tertiary/aromatic N) is 2. The number of anilines is 1. The number of hydrogen-bond donors (Lipinski definition) is 1. The number of halogens is 1. The summed E-state index contributed by atoms with van der Waals surface area (Å²) in [5, 5.41) is 17.2. The molecule has 0 saturated heterocycles. The second-order valence-corrected chi connectivity index (χ2v) is 5.77. The third-order valence-corrected chi connectivity index (χ3v) is 3.60. The molecule has 0 aromatic heterocycles. The Hall–Kier alpha value is -2.93. The molecule has 0 atom stereocenters. The molecule has 1 amide bonds. The van der Waals surface area contributed by atoms with Crippen molar-refractivity contribution in [2.75, 3.05) is 5.32 Å². The first-order valence-electron chi connectivity index (χ1n) is 7.33. The number of nitro benzene ring substituents is 1. The first-order chi connectivity index (χ1) is 11.9. The van der Waals surface area contributed by atoms with Crippen molar-refractivity contribution in [1.82, 2.24) is 0 Å². The molecule has 8 heteroatoms. The van der Waals surface area contributed by atoms with Crippen molar-refractivity contribution in [2.45, 2.75) is 20.5 Å². The van der Waals surface area contributed by atoms with E-state index in [0.29, 0.717) is 16.3 Å². The monoisotopic (exact) mass is 361 g/mol. The first-order valence-corrected chi connectivity index (χ1v) is 7.71. The van der Waals surface area contributed by atoms with Crippen LogP contribution in [0.5, 0.6) is 0 Å². The Morgan fingerprint density at radius 3 is 2.60 bits per heavy atom. The molecule has 0 heterocycles. The molecule has 1 N–H and O–H groups in total. The highest BCUT2D eigenvalue weighted by Crippen LogP contribution is 2.27. The molecule has 0 bridgehead atoms. The predicted molar refractivity (Wildman–Crippen MR) is 95.9 cm³/mol. The maximum Gasteiger partial charge on any atom is 0.270 e. The minimum atomic E-state index is -0.481. The predicted octanol–water partition coefficient (Wildman–Crippen LogP) is 4.01. The van der Waals surface area contributed by atoms with Gasteiger partial charge in [-0.3, -0.25) is 14.9 Å². The zero-order chi connectivity index (χ0) is 18.4. The molecule has 130 valence electrons. The Morgan fingerprint density at radius 2 is 2.00 bits per heavy atom. The van der Waals surface area contributed by atoms with Crippen LogP contribution < -0.4 is 5.32 Å². The summed E-state index contributed by atoms with van der Waals surface area (Å²) in [5.41, 5.74) is 3.07. The van der Waals surface area contributed by atoms with E-state index in [-0.39, 0.29) is 12.3 Å². The summed E-state index contributed by atoms with van der Waals surface area (Å²) in [7, 11) is 0. The van der Waals surface area contributed by atoms with Gasteiger partial charge < -0.3 is 10.2 Å². The van der Waals surface area contributed by atoms with Crippen LogP contribution in [0.25, 0.3) is 0 Å². The van der Waals surface area contributed by atoms with Crippen molar-refractivity contribution in [3.05, 3.63) is 68.2 Å². The molecule has 0 aliphatic heterocycles. The average molecular weight is 362 g/mol. The first kappa shape index (κ1) is 18.4. The number of amides is 1. The number of benzene rings is 2. The molecule has 0 aliphatic rings. The van der Waals surface area contributed by atoms with Gasteiger partial charge in [0, 0.05) is 12.1 Å². The number of carbonyl (C=O) groups is 1. The van der Waals surface area contributed by atoms with Gasteiger partial charge in [-0.05, 0) is 48.7 Å². The van der Waals surface area contributed by atoms with Gasteiger partial charge in [0.05, 0.1) is 15.6 Å². The van der Waals surface area contributed by atoms with Gasteiger partial charge in [-0.1, -0.05) is 22.8 Å². The smallest absolute Gasteiger partial charge is 0.270 e. The highest BCUT2D eigenvalue weighted by molar-refractivity contribution is 6.37. The third kappa shape index (κ3) is 5.29. The number of oxime groups is 1. The lowest BCUT2D eigenvalue weighted by molar-refractivity contribution is -0.384. The Labute approximate surface area is 149 Å². The number of nitro groups is 1. The molecule has 7 nitrogen and oxygen atoms in total. The van der Waals surface area contributed by atoms with E-state index in [0.717, 1.165) is 17.3 Å². The van der Waals surface area contributed by atoms with Crippen LogP contribution in [-0.4, -0.2) is 17.0 Å². The quantitative estimate of drug-likeness (QED) is 0.478. The Bertz CT molecular complexity index is 796. The summed E-state index contributed by atoms with van der Waals surface area (Å²) in [4.78, 5) is 27.0. The van der Waals surface area contributed by atoms with Gasteiger partial charge in [0.1, 0.15) is 12.8 Å². The SMILES string of the molecule is Cc1cc(C)c(NC(=O)C=NOCc2ccc([N+](=O)[O-])cc2)c(Cl)c1. The number of carbonyl (C=O) groups excluding carboxylic acids is 1. The lowest BCUT2D eigenvalue weighted by Crippen LogP contribution is -2.14. The molecular formula is C17H16ClN3O4. The average Bonchev–Trinajstić information content (AvgIpc) is 2.55. The summed E-state index contributed by atoms with van der Waals surface area (Å²) in [6.45, 7) is 3.85. The number of nitrogens with one attached hydrogen (secondary N) is 1. The second kappa shape index (κ2) is 8.25. The van der Waals surface area contributed by atoms with Crippen molar-refractivity contribution in [1.29, 1.82) is 0 Å². The molecule has 0 saturated carbocycles. The fourth-order valence-corrected chi connectivity index (χ4v) is 2.51. The van der Waals surface area contributed by atoms with Gasteiger partial charge in [-0.15, -0.1) is 0 Å². The number of hydrogen-bond acceptors (Lipinski definition) is 5. The highest BCUT2D eigenvalue weighted by atomic mass is 35.5. The summed E-state index contributed by atoms with van der Waals surface area (Å²) in [6, 6.07) is 9.52. The minimum absolute atomic E-state index is 0.00280. The van der Waals surface area contributed by atoms with Gasteiger partial charge in [0.15, 0.2) is 0 Å². The van der Waals surface area contributed by atoms with E-state index in [1.54, 1.807) is 18.2 Å². The zero-order valence-corrected chi connectivity index (χ0v) is 14.4. The van der Waals surface area contributed by atoms with Gasteiger partial charge in [-0.25, -0.2) is 0 Å². The lowest BCUT2D eigenvalue weighted by Gasteiger charge is -2.09. The van der Waals surface area contributed by atoms with Gasteiger partial charge >= 0.3 is 0 Å². The van der Waals surface area contributed by atoms with Crippen molar-refractivity contribution in [3.8, 4) is 0 Å². The summed E-state index contributed by atoms with van der Waals surface area (Å²) < 4.78 is 0. The third-order valence-electron chi connectivity index (χ3n) is 3.30.